The molecule has 2 aromatic carbocycles. The molecule has 2 amide bonds. The summed E-state index contributed by atoms with van der Waals surface area (Å²) in [5.41, 5.74) is 1.48. The largest absolute Gasteiger partial charge is 0.465 e. The van der Waals surface area contributed by atoms with E-state index in [9.17, 15) is 19.5 Å². The molecule has 0 aliphatic carbocycles. The van der Waals surface area contributed by atoms with Crippen molar-refractivity contribution >= 4 is 35.8 Å². The predicted molar refractivity (Wildman–Crippen MR) is 128 cm³/mol. The Balaban J connectivity index is 1.78. The first-order valence-electron chi connectivity index (χ1n) is 11.1. The highest BCUT2D eigenvalue weighted by molar-refractivity contribution is 6.34. The summed E-state index contributed by atoms with van der Waals surface area (Å²) >= 11 is 6.83. The zero-order chi connectivity index (χ0) is 24.5. The van der Waals surface area contributed by atoms with Crippen LogP contribution in [0, 0.1) is 0 Å². The van der Waals surface area contributed by atoms with Crippen molar-refractivity contribution in [1.82, 2.24) is 10.2 Å². The topological polar surface area (TPSA) is 108 Å². The molecule has 34 heavy (non-hydrogen) atoms. The van der Waals surface area contributed by atoms with Crippen LogP contribution in [0.15, 0.2) is 47.5 Å². The SMILES string of the molecule is C[C@H]1C[C@@H](N2C(=O)C[C@@](C)(c3cccc(-c4cccc(C=O)c4)c3Cl)N=C2NC(=O)O)CCO1. The third kappa shape index (κ3) is 4.69. The number of hydrogen-bond acceptors (Lipinski definition) is 5. The van der Waals surface area contributed by atoms with Gasteiger partial charge in [0.1, 0.15) is 6.29 Å². The fraction of sp³-hybridized carbons (Fsp3) is 0.360. The number of nitrogens with zero attached hydrogens (tertiary/aromatic N) is 2. The molecule has 0 radical (unpaired) electrons. The molecule has 0 spiro atoms. The molecule has 4 rings (SSSR count). The van der Waals surface area contributed by atoms with Crippen molar-refractivity contribution in [3.8, 4) is 11.1 Å². The number of aliphatic imine (C=N–C) groups is 1. The fourth-order valence-corrected chi connectivity index (χ4v) is 5.14. The van der Waals surface area contributed by atoms with E-state index in [4.69, 9.17) is 21.3 Å². The van der Waals surface area contributed by atoms with Crippen molar-refractivity contribution in [1.29, 1.82) is 0 Å². The number of carbonyl (C=O) groups is 3. The first-order chi connectivity index (χ1) is 16.2. The number of hydrogen-bond donors (Lipinski definition) is 2. The van der Waals surface area contributed by atoms with Crippen LogP contribution in [0.1, 0.15) is 49.0 Å². The van der Waals surface area contributed by atoms with Crippen molar-refractivity contribution in [2.24, 2.45) is 4.99 Å². The lowest BCUT2D eigenvalue weighted by Crippen LogP contribution is -2.58. The molecule has 2 aliphatic heterocycles. The van der Waals surface area contributed by atoms with Crippen LogP contribution in [0.2, 0.25) is 5.02 Å². The quantitative estimate of drug-likeness (QED) is 0.624. The van der Waals surface area contributed by atoms with Gasteiger partial charge in [-0.25, -0.2) is 9.79 Å². The molecular formula is C25H26ClN3O5. The van der Waals surface area contributed by atoms with Gasteiger partial charge in [-0.05, 0) is 43.9 Å². The minimum absolute atomic E-state index is 0.00484. The molecule has 0 unspecified atom stereocenters. The number of carboxylic acid groups (broad SMARTS) is 1. The molecule has 178 valence electrons. The van der Waals surface area contributed by atoms with Gasteiger partial charge in [0, 0.05) is 23.8 Å². The lowest BCUT2D eigenvalue weighted by atomic mass is 9.85. The van der Waals surface area contributed by atoms with Gasteiger partial charge in [-0.15, -0.1) is 0 Å². The number of amides is 2. The molecule has 3 atom stereocenters. The van der Waals surface area contributed by atoms with Gasteiger partial charge < -0.3 is 9.84 Å². The first-order valence-corrected chi connectivity index (χ1v) is 11.5. The number of aldehydes is 1. The Hall–Kier alpha value is -3.23. The molecule has 0 saturated carbocycles. The lowest BCUT2D eigenvalue weighted by Gasteiger charge is -2.42. The highest BCUT2D eigenvalue weighted by atomic mass is 35.5. The lowest BCUT2D eigenvalue weighted by molar-refractivity contribution is -0.133. The Morgan fingerprint density at radius 1 is 1.32 bits per heavy atom. The molecule has 0 aromatic heterocycles. The number of guanidine groups is 1. The second kappa shape index (κ2) is 9.56. The maximum atomic E-state index is 13.4. The highest BCUT2D eigenvalue weighted by Gasteiger charge is 2.43. The van der Waals surface area contributed by atoms with E-state index in [1.165, 1.54) is 4.90 Å². The molecular weight excluding hydrogens is 458 g/mol. The van der Waals surface area contributed by atoms with Crippen LogP contribution in [0.4, 0.5) is 4.79 Å². The average molecular weight is 484 g/mol. The summed E-state index contributed by atoms with van der Waals surface area (Å²) in [6.07, 6.45) is 0.636. The Morgan fingerprint density at radius 3 is 2.79 bits per heavy atom. The molecule has 1 saturated heterocycles. The Labute approximate surface area is 202 Å². The summed E-state index contributed by atoms with van der Waals surface area (Å²) in [5, 5.41) is 12.2. The van der Waals surface area contributed by atoms with E-state index in [1.807, 2.05) is 25.1 Å². The van der Waals surface area contributed by atoms with E-state index in [0.29, 0.717) is 41.2 Å². The van der Waals surface area contributed by atoms with Gasteiger partial charge >= 0.3 is 6.09 Å². The third-order valence-electron chi connectivity index (χ3n) is 6.30. The standard InChI is InChI=1S/C25H26ClN3O5/c1-15-11-18(9-10-34-15)29-21(31)13-25(2,28-23(29)27-24(32)33)20-8-4-7-19(22(20)26)17-6-3-5-16(12-17)14-30/h3-8,12,14-15,18H,9-11,13H2,1-2H3,(H,27,28)(H,32,33)/t15-,18-,25-/m0/s1. The summed E-state index contributed by atoms with van der Waals surface area (Å²) in [6.45, 7) is 4.18. The van der Waals surface area contributed by atoms with Crippen molar-refractivity contribution in [3.05, 3.63) is 58.6 Å². The summed E-state index contributed by atoms with van der Waals surface area (Å²) in [5.74, 6) is -0.237. The smallest absolute Gasteiger partial charge is 0.411 e. The van der Waals surface area contributed by atoms with Gasteiger partial charge in [-0.3, -0.25) is 19.8 Å². The van der Waals surface area contributed by atoms with Crippen molar-refractivity contribution < 1.29 is 24.2 Å². The van der Waals surface area contributed by atoms with Crippen LogP contribution in [0.3, 0.4) is 0 Å². The Bertz CT molecular complexity index is 1170. The molecule has 2 heterocycles. The summed E-state index contributed by atoms with van der Waals surface area (Å²) in [6, 6.07) is 12.3. The number of ether oxygens (including phenoxy) is 1. The molecule has 2 N–H and O–H groups in total. The zero-order valence-electron chi connectivity index (χ0n) is 19.0. The molecule has 8 nitrogen and oxygen atoms in total. The van der Waals surface area contributed by atoms with Crippen LogP contribution >= 0.6 is 11.6 Å². The van der Waals surface area contributed by atoms with Gasteiger partial charge in [-0.1, -0.05) is 48.0 Å². The van der Waals surface area contributed by atoms with Gasteiger partial charge in [0.2, 0.25) is 11.9 Å². The van der Waals surface area contributed by atoms with Gasteiger partial charge in [0.15, 0.2) is 0 Å². The van der Waals surface area contributed by atoms with E-state index in [-0.39, 0.29) is 30.4 Å². The fourth-order valence-electron chi connectivity index (χ4n) is 4.70. The van der Waals surface area contributed by atoms with Crippen LogP contribution in [0.5, 0.6) is 0 Å². The number of nitrogens with one attached hydrogen (secondary N) is 1. The normalized spacial score (nSPS) is 25.0. The average Bonchev–Trinajstić information content (AvgIpc) is 2.78. The minimum Gasteiger partial charge on any atom is -0.465 e. The summed E-state index contributed by atoms with van der Waals surface area (Å²) in [7, 11) is 0. The van der Waals surface area contributed by atoms with Gasteiger partial charge in [-0.2, -0.15) is 0 Å². The molecule has 0 bridgehead atoms. The molecule has 2 aliphatic rings. The van der Waals surface area contributed by atoms with E-state index >= 15 is 0 Å². The maximum Gasteiger partial charge on any atom is 0.411 e. The Morgan fingerprint density at radius 2 is 2.09 bits per heavy atom. The molecule has 1 fully saturated rings. The van der Waals surface area contributed by atoms with Crippen LogP contribution < -0.4 is 5.32 Å². The number of benzene rings is 2. The third-order valence-corrected chi connectivity index (χ3v) is 6.71. The number of halogens is 1. The second-order valence-corrected chi connectivity index (χ2v) is 9.23. The van der Waals surface area contributed by atoms with E-state index in [2.05, 4.69) is 5.32 Å². The van der Waals surface area contributed by atoms with E-state index in [1.54, 1.807) is 31.2 Å². The first kappa shape index (κ1) is 23.9. The highest BCUT2D eigenvalue weighted by Crippen LogP contribution is 2.42. The van der Waals surface area contributed by atoms with Crippen molar-refractivity contribution in [3.63, 3.8) is 0 Å². The molecule has 9 heteroatoms. The molecule has 2 aromatic rings. The van der Waals surface area contributed by atoms with Crippen LogP contribution in [-0.4, -0.2) is 53.0 Å². The monoisotopic (exact) mass is 483 g/mol. The van der Waals surface area contributed by atoms with Crippen LogP contribution in [0.25, 0.3) is 11.1 Å². The van der Waals surface area contributed by atoms with Crippen molar-refractivity contribution in [2.75, 3.05) is 6.61 Å². The number of carbonyl (C=O) groups excluding carboxylic acids is 2. The van der Waals surface area contributed by atoms with Gasteiger partial charge in [0.25, 0.3) is 0 Å². The Kier molecular flexibility index (Phi) is 6.72. The number of rotatable bonds is 4. The minimum atomic E-state index is -1.30. The van der Waals surface area contributed by atoms with E-state index < -0.39 is 11.6 Å². The van der Waals surface area contributed by atoms with E-state index in [0.717, 1.165) is 11.8 Å². The summed E-state index contributed by atoms with van der Waals surface area (Å²) in [4.78, 5) is 42.4. The zero-order valence-corrected chi connectivity index (χ0v) is 19.7. The van der Waals surface area contributed by atoms with Crippen molar-refractivity contribution in [2.45, 2.75) is 50.8 Å². The predicted octanol–water partition coefficient (Wildman–Crippen LogP) is 4.46. The summed E-state index contributed by atoms with van der Waals surface area (Å²) < 4.78 is 5.59. The second-order valence-electron chi connectivity index (χ2n) is 8.85. The van der Waals surface area contributed by atoms with Crippen LogP contribution in [-0.2, 0) is 15.1 Å². The van der Waals surface area contributed by atoms with Gasteiger partial charge in [0.05, 0.1) is 23.1 Å². The maximum absolute atomic E-state index is 13.4.